The lowest BCUT2D eigenvalue weighted by molar-refractivity contribution is -0.123. The first-order chi connectivity index (χ1) is 14.2. The molecule has 3 N–H and O–H groups in total. The fourth-order valence-corrected chi connectivity index (χ4v) is 4.10. The second kappa shape index (κ2) is 9.17. The lowest BCUT2D eigenvalue weighted by Gasteiger charge is -2.17. The lowest BCUT2D eigenvalue weighted by Crippen LogP contribution is -2.43. The minimum absolute atomic E-state index is 0.000889. The van der Waals surface area contributed by atoms with Crippen molar-refractivity contribution in [1.82, 2.24) is 21.2 Å². The van der Waals surface area contributed by atoms with Gasteiger partial charge in [-0.3, -0.25) is 9.78 Å². The van der Waals surface area contributed by atoms with E-state index < -0.39 is 0 Å². The highest BCUT2D eigenvalue weighted by Crippen LogP contribution is 2.26. The first-order valence-electron chi connectivity index (χ1n) is 9.65. The zero-order valence-corrected chi connectivity index (χ0v) is 17.0. The van der Waals surface area contributed by atoms with Gasteiger partial charge in [0.15, 0.2) is 0 Å². The molecule has 3 aromatic rings. The molecule has 0 saturated carbocycles. The van der Waals surface area contributed by atoms with Gasteiger partial charge in [0.1, 0.15) is 18.4 Å². The molecule has 3 unspecified atom stereocenters. The van der Waals surface area contributed by atoms with Gasteiger partial charge in [-0.25, -0.2) is 10.9 Å². The molecule has 7 heteroatoms. The molecule has 1 aromatic carbocycles. The highest BCUT2D eigenvalue weighted by molar-refractivity contribution is 7.10. The van der Waals surface area contributed by atoms with Crippen molar-refractivity contribution in [2.75, 3.05) is 0 Å². The molecule has 0 aliphatic carbocycles. The van der Waals surface area contributed by atoms with Crippen molar-refractivity contribution in [3.05, 3.63) is 82.3 Å². The molecule has 1 fully saturated rings. The summed E-state index contributed by atoms with van der Waals surface area (Å²) >= 11 is 1.70. The Morgan fingerprint density at radius 2 is 2.10 bits per heavy atom. The summed E-state index contributed by atoms with van der Waals surface area (Å²) in [6, 6.07) is 15.7. The number of hydrogen-bond donors (Lipinski definition) is 3. The van der Waals surface area contributed by atoms with E-state index in [9.17, 15) is 4.79 Å². The number of aromatic nitrogens is 1. The Labute approximate surface area is 174 Å². The van der Waals surface area contributed by atoms with E-state index in [0.717, 1.165) is 23.3 Å². The highest BCUT2D eigenvalue weighted by Gasteiger charge is 2.31. The summed E-state index contributed by atoms with van der Waals surface area (Å²) in [5.41, 5.74) is 8.39. The quantitative estimate of drug-likeness (QED) is 0.558. The fraction of sp³-hybridized carbons (Fsp3) is 0.273. The Bertz CT molecular complexity index is 916. The summed E-state index contributed by atoms with van der Waals surface area (Å²) in [4.78, 5) is 18.0. The summed E-state index contributed by atoms with van der Waals surface area (Å²) in [7, 11) is 0. The third-order valence-electron chi connectivity index (χ3n) is 4.97. The van der Waals surface area contributed by atoms with Gasteiger partial charge < -0.3 is 10.1 Å². The molecule has 150 valence electrons. The predicted octanol–water partition coefficient (Wildman–Crippen LogP) is 3.51. The first-order valence-corrected chi connectivity index (χ1v) is 10.5. The van der Waals surface area contributed by atoms with Crippen molar-refractivity contribution in [1.29, 1.82) is 0 Å². The molecule has 6 nitrogen and oxygen atoms in total. The van der Waals surface area contributed by atoms with E-state index in [1.54, 1.807) is 23.7 Å². The SMILES string of the molecule is CC(NC(=O)C1CC(c2cccs2)NN1)c1ccc(OCc2cccnc2)cc1. The van der Waals surface area contributed by atoms with Gasteiger partial charge >= 0.3 is 0 Å². The largest absolute Gasteiger partial charge is 0.489 e. The average Bonchev–Trinajstić information content (AvgIpc) is 3.45. The monoisotopic (exact) mass is 408 g/mol. The normalized spacial score (nSPS) is 19.6. The highest BCUT2D eigenvalue weighted by atomic mass is 32.1. The molecule has 1 amide bonds. The minimum atomic E-state index is -0.244. The van der Waals surface area contributed by atoms with Crippen LogP contribution in [0.25, 0.3) is 0 Å². The Hall–Kier alpha value is -2.74. The number of hydrogen-bond acceptors (Lipinski definition) is 6. The van der Waals surface area contributed by atoms with Crippen molar-refractivity contribution in [3.63, 3.8) is 0 Å². The molecule has 3 heterocycles. The average molecular weight is 409 g/mol. The number of nitrogens with zero attached hydrogens (tertiary/aromatic N) is 1. The van der Waals surface area contributed by atoms with Crippen LogP contribution in [0.2, 0.25) is 0 Å². The van der Waals surface area contributed by atoms with Crippen LogP contribution in [-0.4, -0.2) is 16.9 Å². The molecule has 0 spiro atoms. The smallest absolute Gasteiger partial charge is 0.239 e. The van der Waals surface area contributed by atoms with Gasteiger partial charge in [-0.05, 0) is 48.6 Å². The lowest BCUT2D eigenvalue weighted by atomic mass is 10.1. The van der Waals surface area contributed by atoms with Crippen LogP contribution in [0.4, 0.5) is 0 Å². The zero-order chi connectivity index (χ0) is 20.1. The molecule has 0 bridgehead atoms. The predicted molar refractivity (Wildman–Crippen MR) is 113 cm³/mol. The van der Waals surface area contributed by atoms with E-state index in [2.05, 4.69) is 32.6 Å². The van der Waals surface area contributed by atoms with Crippen LogP contribution in [0.1, 0.15) is 41.4 Å². The molecular weight excluding hydrogens is 384 g/mol. The van der Waals surface area contributed by atoms with E-state index in [1.165, 1.54) is 4.88 Å². The zero-order valence-electron chi connectivity index (χ0n) is 16.2. The van der Waals surface area contributed by atoms with Crippen LogP contribution >= 0.6 is 11.3 Å². The third kappa shape index (κ3) is 5.00. The summed E-state index contributed by atoms with van der Waals surface area (Å²) in [5, 5.41) is 5.15. The molecule has 1 aliphatic heterocycles. The van der Waals surface area contributed by atoms with Gasteiger partial charge in [0, 0.05) is 22.8 Å². The van der Waals surface area contributed by atoms with Crippen molar-refractivity contribution < 1.29 is 9.53 Å². The molecule has 2 aromatic heterocycles. The van der Waals surface area contributed by atoms with E-state index in [4.69, 9.17) is 4.74 Å². The van der Waals surface area contributed by atoms with Gasteiger partial charge in [-0.1, -0.05) is 24.3 Å². The number of rotatable bonds is 7. The number of hydrazine groups is 1. The Morgan fingerprint density at radius 3 is 2.83 bits per heavy atom. The van der Waals surface area contributed by atoms with Gasteiger partial charge in [-0.15, -0.1) is 11.3 Å². The summed E-state index contributed by atoms with van der Waals surface area (Å²) < 4.78 is 5.79. The maximum absolute atomic E-state index is 12.6. The van der Waals surface area contributed by atoms with Crippen molar-refractivity contribution in [2.45, 2.75) is 38.1 Å². The van der Waals surface area contributed by atoms with Gasteiger partial charge in [0.2, 0.25) is 5.91 Å². The second-order valence-electron chi connectivity index (χ2n) is 7.09. The summed E-state index contributed by atoms with van der Waals surface area (Å²) in [6.07, 6.45) is 4.27. The van der Waals surface area contributed by atoms with Gasteiger partial charge in [0.05, 0.1) is 12.1 Å². The van der Waals surface area contributed by atoms with Crippen LogP contribution in [0.3, 0.4) is 0 Å². The first kappa shape index (κ1) is 19.6. The van der Waals surface area contributed by atoms with Gasteiger partial charge in [-0.2, -0.15) is 0 Å². The molecule has 1 saturated heterocycles. The van der Waals surface area contributed by atoms with E-state index in [-0.39, 0.29) is 24.0 Å². The molecule has 3 atom stereocenters. The minimum Gasteiger partial charge on any atom is -0.489 e. The number of benzene rings is 1. The fourth-order valence-electron chi connectivity index (χ4n) is 3.30. The van der Waals surface area contributed by atoms with Crippen LogP contribution in [0, 0.1) is 0 Å². The van der Waals surface area contributed by atoms with Gasteiger partial charge in [0.25, 0.3) is 0 Å². The number of thiophene rings is 1. The number of amides is 1. The number of pyridine rings is 1. The van der Waals surface area contributed by atoms with Crippen LogP contribution in [0.15, 0.2) is 66.3 Å². The Kier molecular flexibility index (Phi) is 6.19. The Balaban J connectivity index is 1.28. The van der Waals surface area contributed by atoms with Crippen molar-refractivity contribution >= 4 is 17.2 Å². The van der Waals surface area contributed by atoms with E-state index in [0.29, 0.717) is 6.61 Å². The second-order valence-corrected chi connectivity index (χ2v) is 8.07. The number of carbonyl (C=O) groups excluding carboxylic acids is 1. The maximum Gasteiger partial charge on any atom is 0.239 e. The summed E-state index contributed by atoms with van der Waals surface area (Å²) in [6.45, 7) is 2.47. The topological polar surface area (TPSA) is 75.3 Å². The molecule has 0 radical (unpaired) electrons. The molecule has 4 rings (SSSR count). The van der Waals surface area contributed by atoms with Crippen molar-refractivity contribution in [2.24, 2.45) is 0 Å². The summed E-state index contributed by atoms with van der Waals surface area (Å²) in [5.74, 6) is 0.789. The number of carbonyl (C=O) groups is 1. The van der Waals surface area contributed by atoms with E-state index in [1.807, 2.05) is 49.4 Å². The molecular formula is C22H24N4O2S. The number of nitrogens with one attached hydrogen (secondary N) is 3. The third-order valence-corrected chi connectivity index (χ3v) is 5.96. The van der Waals surface area contributed by atoms with Crippen LogP contribution in [-0.2, 0) is 11.4 Å². The Morgan fingerprint density at radius 1 is 1.24 bits per heavy atom. The standard InChI is InChI=1S/C22H24N4O2S/c1-15(24-22(27)20-12-19(25-26-20)21-5-3-11-29-21)17-6-8-18(9-7-17)28-14-16-4-2-10-23-13-16/h2-11,13,15,19-20,25-26H,12,14H2,1H3,(H,24,27). The molecule has 1 aliphatic rings. The van der Waals surface area contributed by atoms with Crippen LogP contribution in [0.5, 0.6) is 5.75 Å². The van der Waals surface area contributed by atoms with Crippen LogP contribution < -0.4 is 20.9 Å². The maximum atomic E-state index is 12.6. The number of ether oxygens (including phenoxy) is 1. The van der Waals surface area contributed by atoms with E-state index >= 15 is 0 Å². The van der Waals surface area contributed by atoms with Crippen molar-refractivity contribution in [3.8, 4) is 5.75 Å². The molecule has 29 heavy (non-hydrogen) atoms.